The van der Waals surface area contributed by atoms with Crippen LogP contribution in [-0.2, 0) is 0 Å². The summed E-state index contributed by atoms with van der Waals surface area (Å²) in [5, 5.41) is 26.0. The van der Waals surface area contributed by atoms with Crippen molar-refractivity contribution in [3.8, 4) is 11.4 Å². The van der Waals surface area contributed by atoms with E-state index in [0.29, 0.717) is 28.8 Å². The molecule has 1 saturated carbocycles. The second kappa shape index (κ2) is 8.00. The van der Waals surface area contributed by atoms with Gasteiger partial charge in [0.25, 0.3) is 0 Å². The molecule has 2 aromatic heterocycles. The van der Waals surface area contributed by atoms with Gasteiger partial charge in [0.2, 0.25) is 0 Å². The Morgan fingerprint density at radius 1 is 1.11 bits per heavy atom. The average molecular weight is 369 g/mol. The molecule has 0 aliphatic heterocycles. The lowest BCUT2D eigenvalue weighted by Crippen LogP contribution is -2.24. The second-order valence-electron chi connectivity index (χ2n) is 7.17. The second-order valence-corrected chi connectivity index (χ2v) is 7.17. The Hall–Kier alpha value is -2.54. The molecule has 0 radical (unpaired) electrons. The molecule has 4 rings (SSSR count). The largest absolute Gasteiger partial charge is 0.393 e. The summed E-state index contributed by atoms with van der Waals surface area (Å²) in [6, 6.07) is 10.1. The third-order valence-electron chi connectivity index (χ3n) is 5.30. The van der Waals surface area contributed by atoms with Gasteiger partial charge in [-0.05, 0) is 55.9 Å². The first-order valence-corrected chi connectivity index (χ1v) is 9.61. The molecule has 0 spiro atoms. The Bertz CT molecular complexity index is 912. The summed E-state index contributed by atoms with van der Waals surface area (Å²) in [6.45, 7) is 0.777. The molecule has 27 heavy (non-hydrogen) atoms. The number of benzene rings is 1. The lowest BCUT2D eigenvalue weighted by Gasteiger charge is -2.27. The highest BCUT2D eigenvalue weighted by Gasteiger charge is 2.22. The minimum absolute atomic E-state index is 0.145. The fraction of sp³-hybridized carbons (Fsp3) is 0.450. The Balaban J connectivity index is 1.42. The number of fused-ring (bicyclic) bond motifs is 1. The van der Waals surface area contributed by atoms with Crippen LogP contribution in [0.5, 0.6) is 0 Å². The summed E-state index contributed by atoms with van der Waals surface area (Å²) in [4.78, 5) is 0. The highest BCUT2D eigenvalue weighted by atomic mass is 19.1. The van der Waals surface area contributed by atoms with Gasteiger partial charge in [0.05, 0.1) is 11.7 Å². The molecule has 3 aromatic rings. The molecule has 6 nitrogen and oxygen atoms in total. The van der Waals surface area contributed by atoms with Gasteiger partial charge in [-0.3, -0.25) is 0 Å². The molecule has 0 bridgehead atoms. The van der Waals surface area contributed by atoms with E-state index in [9.17, 15) is 9.50 Å². The Morgan fingerprint density at radius 2 is 1.96 bits per heavy atom. The van der Waals surface area contributed by atoms with Crippen LogP contribution in [0.25, 0.3) is 17.0 Å². The molecular formula is C20H24FN5O. The summed E-state index contributed by atoms with van der Waals surface area (Å²) in [5.41, 5.74) is 0.949. The summed E-state index contributed by atoms with van der Waals surface area (Å²) in [7, 11) is 0. The predicted molar refractivity (Wildman–Crippen MR) is 102 cm³/mol. The van der Waals surface area contributed by atoms with E-state index in [-0.39, 0.29) is 11.9 Å². The highest BCUT2D eigenvalue weighted by Crippen LogP contribution is 2.28. The monoisotopic (exact) mass is 369 g/mol. The quantitative estimate of drug-likeness (QED) is 0.649. The minimum Gasteiger partial charge on any atom is -0.393 e. The SMILES string of the molecule is OC1CCCCC1CCCNc1ccc2nnc(-c3ccccc3F)n2n1. The van der Waals surface area contributed by atoms with E-state index in [1.165, 1.54) is 12.5 Å². The van der Waals surface area contributed by atoms with Crippen molar-refractivity contribution >= 4 is 11.5 Å². The number of aliphatic hydroxyl groups excluding tert-OH is 1. The molecule has 2 heterocycles. The first-order chi connectivity index (χ1) is 13.2. The molecule has 1 aliphatic rings. The summed E-state index contributed by atoms with van der Waals surface area (Å²) in [6.07, 6.45) is 6.27. The zero-order valence-electron chi connectivity index (χ0n) is 15.2. The topological polar surface area (TPSA) is 75.3 Å². The fourth-order valence-electron chi connectivity index (χ4n) is 3.80. The number of aliphatic hydroxyl groups is 1. The zero-order chi connectivity index (χ0) is 18.6. The van der Waals surface area contributed by atoms with Gasteiger partial charge in [0, 0.05) is 6.54 Å². The molecule has 2 N–H and O–H groups in total. The molecule has 0 saturated heterocycles. The molecule has 1 fully saturated rings. The van der Waals surface area contributed by atoms with Crippen molar-refractivity contribution in [2.45, 2.75) is 44.6 Å². The smallest absolute Gasteiger partial charge is 0.188 e. The van der Waals surface area contributed by atoms with Gasteiger partial charge in [-0.15, -0.1) is 15.3 Å². The van der Waals surface area contributed by atoms with Gasteiger partial charge in [-0.1, -0.05) is 25.0 Å². The fourth-order valence-corrected chi connectivity index (χ4v) is 3.80. The van der Waals surface area contributed by atoms with Crippen molar-refractivity contribution in [3.63, 3.8) is 0 Å². The van der Waals surface area contributed by atoms with Crippen molar-refractivity contribution in [1.82, 2.24) is 19.8 Å². The molecule has 2 unspecified atom stereocenters. The number of halogens is 1. The normalized spacial score (nSPS) is 20.1. The molecule has 2 atom stereocenters. The number of anilines is 1. The minimum atomic E-state index is -0.349. The van der Waals surface area contributed by atoms with Crippen LogP contribution in [-0.4, -0.2) is 37.6 Å². The van der Waals surface area contributed by atoms with Crippen molar-refractivity contribution in [3.05, 3.63) is 42.2 Å². The molecule has 142 valence electrons. The summed E-state index contributed by atoms with van der Waals surface area (Å²) < 4.78 is 15.7. The molecule has 0 amide bonds. The number of hydrogen-bond acceptors (Lipinski definition) is 5. The van der Waals surface area contributed by atoms with Gasteiger partial charge < -0.3 is 10.4 Å². The van der Waals surface area contributed by atoms with Crippen molar-refractivity contribution in [1.29, 1.82) is 0 Å². The maximum Gasteiger partial charge on any atom is 0.188 e. The standard InChI is InChI=1S/C20H24FN5O/c21-16-9-3-2-8-15(16)20-24-23-19-12-11-18(25-26(19)20)22-13-5-7-14-6-1-4-10-17(14)27/h2-3,8-9,11-12,14,17,27H,1,4-7,10,13H2,(H,22,25). The van der Waals surface area contributed by atoms with Crippen LogP contribution in [0.3, 0.4) is 0 Å². The van der Waals surface area contributed by atoms with Crippen LogP contribution >= 0.6 is 0 Å². The lowest BCUT2D eigenvalue weighted by atomic mass is 9.83. The van der Waals surface area contributed by atoms with E-state index in [1.807, 2.05) is 12.1 Å². The maximum atomic E-state index is 14.1. The van der Waals surface area contributed by atoms with E-state index in [0.717, 1.165) is 38.6 Å². The Labute approximate surface area is 157 Å². The Kier molecular flexibility index (Phi) is 5.29. The number of nitrogens with zero attached hydrogens (tertiary/aromatic N) is 4. The third kappa shape index (κ3) is 3.93. The number of nitrogens with one attached hydrogen (secondary N) is 1. The number of aromatic nitrogens is 4. The first-order valence-electron chi connectivity index (χ1n) is 9.61. The molecule has 1 aliphatic carbocycles. The molecule has 7 heteroatoms. The van der Waals surface area contributed by atoms with Crippen LogP contribution in [0.15, 0.2) is 36.4 Å². The molecule has 1 aromatic carbocycles. The average Bonchev–Trinajstić information content (AvgIpc) is 3.10. The van der Waals surface area contributed by atoms with Crippen molar-refractivity contribution in [2.75, 3.05) is 11.9 Å². The first kappa shape index (κ1) is 17.9. The third-order valence-corrected chi connectivity index (χ3v) is 5.30. The van der Waals surface area contributed by atoms with Crippen LogP contribution < -0.4 is 5.32 Å². The van der Waals surface area contributed by atoms with Gasteiger partial charge in [-0.2, -0.15) is 4.52 Å². The Morgan fingerprint density at radius 3 is 2.81 bits per heavy atom. The van der Waals surface area contributed by atoms with Crippen LogP contribution in [0, 0.1) is 11.7 Å². The van der Waals surface area contributed by atoms with Gasteiger partial charge in [-0.25, -0.2) is 4.39 Å². The predicted octanol–water partition coefficient (Wildman–Crippen LogP) is 3.67. The maximum absolute atomic E-state index is 14.1. The summed E-state index contributed by atoms with van der Waals surface area (Å²) >= 11 is 0. The van der Waals surface area contributed by atoms with E-state index in [4.69, 9.17) is 0 Å². The van der Waals surface area contributed by atoms with Crippen LogP contribution in [0.4, 0.5) is 10.2 Å². The zero-order valence-corrected chi connectivity index (χ0v) is 15.2. The van der Waals surface area contributed by atoms with Gasteiger partial charge >= 0.3 is 0 Å². The van der Waals surface area contributed by atoms with Crippen molar-refractivity contribution < 1.29 is 9.50 Å². The van der Waals surface area contributed by atoms with Gasteiger partial charge in [0.1, 0.15) is 11.6 Å². The number of rotatable bonds is 6. The summed E-state index contributed by atoms with van der Waals surface area (Å²) in [5.74, 6) is 1.15. The van der Waals surface area contributed by atoms with Gasteiger partial charge in [0.15, 0.2) is 11.5 Å². The highest BCUT2D eigenvalue weighted by molar-refractivity contribution is 5.60. The van der Waals surface area contributed by atoms with Crippen LogP contribution in [0.1, 0.15) is 38.5 Å². The van der Waals surface area contributed by atoms with E-state index in [1.54, 1.807) is 22.7 Å². The lowest BCUT2D eigenvalue weighted by molar-refractivity contribution is 0.0648. The van der Waals surface area contributed by atoms with E-state index < -0.39 is 0 Å². The van der Waals surface area contributed by atoms with Crippen molar-refractivity contribution in [2.24, 2.45) is 5.92 Å². The molecular weight excluding hydrogens is 345 g/mol. The van der Waals surface area contributed by atoms with E-state index in [2.05, 4.69) is 20.6 Å². The van der Waals surface area contributed by atoms with E-state index >= 15 is 0 Å². The number of hydrogen-bond donors (Lipinski definition) is 2. The van der Waals surface area contributed by atoms with Crippen LogP contribution in [0.2, 0.25) is 0 Å².